The lowest BCUT2D eigenvalue weighted by molar-refractivity contribution is 0.282. The fraction of sp³-hybridized carbons (Fsp3) is 0.118. The van der Waals surface area contributed by atoms with Gasteiger partial charge in [0.25, 0.3) is 5.78 Å². The largest absolute Gasteiger partial charge is 0.392 e. The maximum Gasteiger partial charge on any atom is 0.257 e. The van der Waals surface area contributed by atoms with Gasteiger partial charge in [0.2, 0.25) is 0 Å². The molecule has 1 aromatic carbocycles. The van der Waals surface area contributed by atoms with Gasteiger partial charge in [0.1, 0.15) is 12.1 Å². The molecular weight excluding hydrogens is 290 g/mol. The molecule has 0 bridgehead atoms. The fourth-order valence-electron chi connectivity index (χ4n) is 2.51. The molecule has 23 heavy (non-hydrogen) atoms. The van der Waals surface area contributed by atoms with Crippen molar-refractivity contribution in [3.8, 4) is 0 Å². The average Bonchev–Trinajstić information content (AvgIpc) is 3.06. The molecule has 2 aromatic heterocycles. The molecule has 0 atom stereocenters. The molecule has 0 saturated carbocycles. The van der Waals surface area contributed by atoms with Gasteiger partial charge in [0.05, 0.1) is 12.1 Å². The average molecular weight is 307 g/mol. The summed E-state index contributed by atoms with van der Waals surface area (Å²) in [5.74, 6) is 1.23. The van der Waals surface area contributed by atoms with Crippen molar-refractivity contribution in [3.05, 3.63) is 67.2 Å². The molecule has 0 aliphatic rings. The number of benzene rings is 1. The van der Waals surface area contributed by atoms with Crippen molar-refractivity contribution in [3.63, 3.8) is 0 Å². The van der Waals surface area contributed by atoms with Gasteiger partial charge in [-0.1, -0.05) is 25.3 Å². The lowest BCUT2D eigenvalue weighted by atomic mass is 10.1. The highest BCUT2D eigenvalue weighted by atomic mass is 16.3. The predicted octanol–water partition coefficient (Wildman–Crippen LogP) is 2.46. The quantitative estimate of drug-likeness (QED) is 0.733. The molecule has 0 unspecified atom stereocenters. The smallest absolute Gasteiger partial charge is 0.257 e. The molecule has 0 aliphatic carbocycles. The number of hydrogen-bond acceptors (Lipinski definition) is 5. The van der Waals surface area contributed by atoms with Crippen LogP contribution in [0.3, 0.4) is 0 Å². The highest BCUT2D eigenvalue weighted by Gasteiger charge is 2.15. The summed E-state index contributed by atoms with van der Waals surface area (Å²) >= 11 is 0. The van der Waals surface area contributed by atoms with Crippen LogP contribution in [0.5, 0.6) is 0 Å². The zero-order valence-electron chi connectivity index (χ0n) is 12.8. The Bertz CT molecular complexity index is 925. The van der Waals surface area contributed by atoms with Crippen LogP contribution in [0.25, 0.3) is 16.7 Å². The van der Waals surface area contributed by atoms with Crippen molar-refractivity contribution in [2.24, 2.45) is 0 Å². The van der Waals surface area contributed by atoms with Gasteiger partial charge in [0.15, 0.2) is 0 Å². The maximum absolute atomic E-state index is 9.39. The van der Waals surface area contributed by atoms with Gasteiger partial charge in [-0.3, -0.25) is 4.40 Å². The first-order valence-corrected chi connectivity index (χ1v) is 7.11. The maximum atomic E-state index is 9.39. The van der Waals surface area contributed by atoms with Crippen LogP contribution >= 0.6 is 0 Å². The zero-order chi connectivity index (χ0) is 16.4. The van der Waals surface area contributed by atoms with Crippen LogP contribution in [-0.4, -0.2) is 31.7 Å². The number of aliphatic hydroxyl groups is 1. The van der Waals surface area contributed by atoms with Crippen molar-refractivity contribution in [1.82, 2.24) is 19.6 Å². The monoisotopic (exact) mass is 307 g/mol. The number of fused-ring (bicyclic) bond motifs is 3. The lowest BCUT2D eigenvalue weighted by Crippen LogP contribution is -2.17. The molecular formula is C17H17N5O. The summed E-state index contributed by atoms with van der Waals surface area (Å²) in [4.78, 5) is 6.52. The van der Waals surface area contributed by atoms with E-state index >= 15 is 0 Å². The van der Waals surface area contributed by atoms with E-state index in [1.807, 2.05) is 36.2 Å². The first-order valence-electron chi connectivity index (χ1n) is 7.11. The minimum atomic E-state index is -0.0265. The van der Waals surface area contributed by atoms with Crippen molar-refractivity contribution in [2.45, 2.75) is 6.61 Å². The number of hydrogen-bond donors (Lipinski definition) is 1. The fourth-order valence-corrected chi connectivity index (χ4v) is 2.51. The summed E-state index contributed by atoms with van der Waals surface area (Å²) in [7, 11) is 1.91. The van der Waals surface area contributed by atoms with Gasteiger partial charge in [0, 0.05) is 18.1 Å². The van der Waals surface area contributed by atoms with Crippen LogP contribution in [-0.2, 0) is 6.61 Å². The molecule has 116 valence electrons. The number of nitrogens with zero attached hydrogens (tertiary/aromatic N) is 5. The van der Waals surface area contributed by atoms with Gasteiger partial charge in [-0.15, -0.1) is 10.2 Å². The summed E-state index contributed by atoms with van der Waals surface area (Å²) in [6, 6.07) is 5.73. The predicted molar refractivity (Wildman–Crippen MR) is 91.1 cm³/mol. The topological polar surface area (TPSA) is 66.6 Å². The highest BCUT2D eigenvalue weighted by Crippen LogP contribution is 2.28. The Labute approximate surface area is 133 Å². The molecule has 6 nitrogen and oxygen atoms in total. The van der Waals surface area contributed by atoms with Gasteiger partial charge in [-0.25, -0.2) is 0 Å². The molecule has 2 heterocycles. The van der Waals surface area contributed by atoms with E-state index in [1.54, 1.807) is 22.9 Å². The Morgan fingerprint density at radius 3 is 2.91 bits per heavy atom. The molecule has 0 radical (unpaired) electrons. The molecule has 0 spiro atoms. The number of aromatic nitrogens is 4. The van der Waals surface area contributed by atoms with Gasteiger partial charge in [-0.2, -0.15) is 4.98 Å². The van der Waals surface area contributed by atoms with E-state index in [0.717, 1.165) is 28.0 Å². The molecule has 6 heteroatoms. The Hall–Kier alpha value is -2.99. The van der Waals surface area contributed by atoms with Crippen LogP contribution in [0.15, 0.2) is 61.6 Å². The van der Waals surface area contributed by atoms with E-state index in [-0.39, 0.29) is 6.61 Å². The normalized spacial score (nSPS) is 11.8. The first kappa shape index (κ1) is 14.9. The lowest BCUT2D eigenvalue weighted by Gasteiger charge is -2.21. The molecule has 3 aromatic rings. The molecule has 3 rings (SSSR count). The van der Waals surface area contributed by atoms with Crippen LogP contribution in [0, 0.1) is 0 Å². The van der Waals surface area contributed by atoms with E-state index in [2.05, 4.69) is 28.3 Å². The summed E-state index contributed by atoms with van der Waals surface area (Å²) in [6.07, 6.45) is 6.92. The minimum absolute atomic E-state index is 0.0265. The summed E-state index contributed by atoms with van der Waals surface area (Å²) in [5.41, 5.74) is 2.57. The minimum Gasteiger partial charge on any atom is -0.392 e. The zero-order valence-corrected chi connectivity index (χ0v) is 12.8. The number of rotatable bonds is 5. The second-order valence-electron chi connectivity index (χ2n) is 5.04. The van der Waals surface area contributed by atoms with Crippen molar-refractivity contribution in [1.29, 1.82) is 0 Å². The van der Waals surface area contributed by atoms with Gasteiger partial charge >= 0.3 is 0 Å². The van der Waals surface area contributed by atoms with Crippen LogP contribution in [0.1, 0.15) is 5.56 Å². The molecule has 0 aliphatic heterocycles. The highest BCUT2D eigenvalue weighted by molar-refractivity contribution is 5.92. The SMILES string of the molecule is C=C/C=C(\C=C)N(C)c1nc2nncn2c2cc(CO)ccc12. The summed E-state index contributed by atoms with van der Waals surface area (Å²) in [5, 5.41) is 18.3. The number of anilines is 1. The second kappa shape index (κ2) is 6.02. The van der Waals surface area contributed by atoms with E-state index in [0.29, 0.717) is 5.78 Å². The third kappa shape index (κ3) is 2.49. The van der Waals surface area contributed by atoms with Crippen LogP contribution in [0.2, 0.25) is 0 Å². The van der Waals surface area contributed by atoms with Crippen LogP contribution < -0.4 is 4.90 Å². The van der Waals surface area contributed by atoms with Gasteiger partial charge < -0.3 is 10.0 Å². The molecule has 0 saturated heterocycles. The van der Waals surface area contributed by atoms with Gasteiger partial charge in [-0.05, 0) is 29.8 Å². The second-order valence-corrected chi connectivity index (χ2v) is 5.04. The Morgan fingerprint density at radius 2 is 2.22 bits per heavy atom. The Kier molecular flexibility index (Phi) is 3.91. The Morgan fingerprint density at radius 1 is 1.39 bits per heavy atom. The van der Waals surface area contributed by atoms with E-state index < -0.39 is 0 Å². The first-order chi connectivity index (χ1) is 11.2. The van der Waals surface area contributed by atoms with Crippen molar-refractivity contribution < 1.29 is 5.11 Å². The summed E-state index contributed by atoms with van der Waals surface area (Å²) in [6.45, 7) is 7.53. The van der Waals surface area contributed by atoms with E-state index in [1.165, 1.54) is 0 Å². The van der Waals surface area contributed by atoms with Crippen molar-refractivity contribution in [2.75, 3.05) is 11.9 Å². The number of aliphatic hydroxyl groups excluding tert-OH is 1. The third-order valence-corrected chi connectivity index (χ3v) is 3.68. The molecule has 1 N–H and O–H groups in total. The molecule has 0 fully saturated rings. The van der Waals surface area contributed by atoms with E-state index in [4.69, 9.17) is 0 Å². The number of allylic oxidation sites excluding steroid dienone is 3. The standard InChI is InChI=1S/C17H17N5O/c1-4-6-13(5-2)21(3)16-14-8-7-12(10-23)9-15(14)22-11-18-20-17(22)19-16/h4-9,11,23H,1-2,10H2,3H3/b13-6+. The Balaban J connectivity index is 2.32. The summed E-state index contributed by atoms with van der Waals surface area (Å²) < 4.78 is 1.80. The molecule has 0 amide bonds. The van der Waals surface area contributed by atoms with Crippen molar-refractivity contribution >= 4 is 22.5 Å². The third-order valence-electron chi connectivity index (χ3n) is 3.68. The number of likely N-dealkylation sites (N-methyl/N-ethyl adjacent to an activating group) is 1. The van der Waals surface area contributed by atoms with Crippen LogP contribution in [0.4, 0.5) is 5.82 Å². The van der Waals surface area contributed by atoms with E-state index in [9.17, 15) is 5.11 Å².